The number of nitrogens with zero attached hydrogens (tertiary/aromatic N) is 2. The highest BCUT2D eigenvalue weighted by molar-refractivity contribution is 5.36. The van der Waals surface area contributed by atoms with Gasteiger partial charge in [-0.25, -0.2) is 4.79 Å². The van der Waals surface area contributed by atoms with Crippen molar-refractivity contribution in [3.05, 3.63) is 27.8 Å². The fraction of sp³-hybridized carbons (Fsp3) is 0.722. The zero-order valence-electron chi connectivity index (χ0n) is 13.9. The van der Waals surface area contributed by atoms with Crippen molar-refractivity contribution in [1.82, 2.24) is 9.80 Å². The lowest BCUT2D eigenvalue weighted by Crippen LogP contribution is -2.30. The van der Waals surface area contributed by atoms with Crippen LogP contribution < -0.4 is 5.63 Å². The zero-order valence-corrected chi connectivity index (χ0v) is 13.9. The summed E-state index contributed by atoms with van der Waals surface area (Å²) in [4.78, 5) is 16.7. The Morgan fingerprint density at radius 3 is 2.00 bits per heavy atom. The summed E-state index contributed by atoms with van der Waals surface area (Å²) >= 11 is 0. The van der Waals surface area contributed by atoms with Crippen molar-refractivity contribution in [1.29, 1.82) is 0 Å². The molecule has 5 nitrogen and oxygen atoms in total. The maximum absolute atomic E-state index is 12.1. The zero-order chi connectivity index (χ0) is 16.1. The second-order valence-electron chi connectivity index (χ2n) is 6.90. The molecule has 1 N–H and O–H groups in total. The lowest BCUT2D eigenvalue weighted by Gasteiger charge is -2.27. The van der Waals surface area contributed by atoms with E-state index >= 15 is 0 Å². The van der Waals surface area contributed by atoms with Crippen molar-refractivity contribution in [3.8, 4) is 5.75 Å². The van der Waals surface area contributed by atoms with Gasteiger partial charge in [0.1, 0.15) is 12.0 Å². The summed E-state index contributed by atoms with van der Waals surface area (Å²) in [5.74, 6) is 0.149. The maximum Gasteiger partial charge on any atom is 0.343 e. The maximum atomic E-state index is 12.1. The summed E-state index contributed by atoms with van der Waals surface area (Å²) < 4.78 is 5.22. The predicted octanol–water partition coefficient (Wildman–Crippen LogP) is 2.71. The molecular formula is C18H28N2O3. The first-order chi connectivity index (χ1) is 11.2. The van der Waals surface area contributed by atoms with E-state index in [-0.39, 0.29) is 5.75 Å². The van der Waals surface area contributed by atoms with Gasteiger partial charge in [-0.15, -0.1) is 0 Å². The number of likely N-dealkylation sites (tertiary alicyclic amines) is 2. The molecule has 0 radical (unpaired) electrons. The number of aromatic hydroxyl groups is 1. The monoisotopic (exact) mass is 320 g/mol. The Morgan fingerprint density at radius 1 is 0.870 bits per heavy atom. The third kappa shape index (κ3) is 4.36. The van der Waals surface area contributed by atoms with Crippen LogP contribution in [0.1, 0.15) is 56.1 Å². The van der Waals surface area contributed by atoms with Crippen LogP contribution in [-0.4, -0.2) is 41.1 Å². The quantitative estimate of drug-likeness (QED) is 0.924. The number of hydrogen-bond donors (Lipinski definition) is 1. The molecule has 128 valence electrons. The van der Waals surface area contributed by atoms with Crippen LogP contribution in [0.25, 0.3) is 0 Å². The number of rotatable bonds is 4. The van der Waals surface area contributed by atoms with Gasteiger partial charge in [0.05, 0.1) is 5.56 Å². The molecule has 1 aromatic heterocycles. The van der Waals surface area contributed by atoms with Gasteiger partial charge in [-0.05, 0) is 51.9 Å². The molecule has 0 saturated carbocycles. The van der Waals surface area contributed by atoms with E-state index in [2.05, 4.69) is 9.80 Å². The average Bonchev–Trinajstić information content (AvgIpc) is 2.84. The molecule has 0 aliphatic carbocycles. The predicted molar refractivity (Wildman–Crippen MR) is 89.5 cm³/mol. The molecule has 0 spiro atoms. The third-order valence-corrected chi connectivity index (χ3v) is 5.07. The molecular weight excluding hydrogens is 292 g/mol. The lowest BCUT2D eigenvalue weighted by atomic mass is 10.1. The van der Waals surface area contributed by atoms with Crippen molar-refractivity contribution >= 4 is 0 Å². The van der Waals surface area contributed by atoms with Crippen molar-refractivity contribution in [2.24, 2.45) is 0 Å². The third-order valence-electron chi connectivity index (χ3n) is 5.07. The molecule has 0 unspecified atom stereocenters. The van der Waals surface area contributed by atoms with E-state index in [1.54, 1.807) is 0 Å². The van der Waals surface area contributed by atoms with Crippen LogP contribution in [0.3, 0.4) is 0 Å². The molecule has 0 aromatic carbocycles. The van der Waals surface area contributed by atoms with Crippen molar-refractivity contribution in [2.45, 2.75) is 58.0 Å². The standard InChI is InChI=1S/C18H28N2O3/c21-17-15(12-19-8-6-3-7-9-19)14-23-18(22)16(17)13-20-10-4-1-2-5-11-20/h14,21H,1-13H2. The molecule has 3 rings (SSSR count). The molecule has 3 heterocycles. The molecule has 2 fully saturated rings. The van der Waals surface area contributed by atoms with Crippen LogP contribution in [0, 0.1) is 0 Å². The minimum atomic E-state index is -0.394. The van der Waals surface area contributed by atoms with E-state index in [1.807, 2.05) is 0 Å². The fourth-order valence-electron chi connectivity index (χ4n) is 3.67. The minimum absolute atomic E-state index is 0.149. The van der Waals surface area contributed by atoms with Crippen LogP contribution in [0.2, 0.25) is 0 Å². The van der Waals surface area contributed by atoms with E-state index in [9.17, 15) is 9.90 Å². The summed E-state index contributed by atoms with van der Waals surface area (Å²) in [5, 5.41) is 10.6. The van der Waals surface area contributed by atoms with Gasteiger partial charge in [0.2, 0.25) is 0 Å². The summed E-state index contributed by atoms with van der Waals surface area (Å²) in [6.45, 7) is 5.27. The molecule has 23 heavy (non-hydrogen) atoms. The summed E-state index contributed by atoms with van der Waals surface area (Å²) in [7, 11) is 0. The Morgan fingerprint density at radius 2 is 1.39 bits per heavy atom. The van der Waals surface area contributed by atoms with Gasteiger partial charge in [-0.3, -0.25) is 9.80 Å². The molecule has 2 saturated heterocycles. The van der Waals surface area contributed by atoms with Gasteiger partial charge >= 0.3 is 5.63 Å². The Kier molecular flexibility index (Phi) is 5.73. The van der Waals surface area contributed by atoms with E-state index in [4.69, 9.17) is 4.42 Å². The first kappa shape index (κ1) is 16.5. The fourth-order valence-corrected chi connectivity index (χ4v) is 3.67. The van der Waals surface area contributed by atoms with Gasteiger partial charge in [0, 0.05) is 18.7 Å². The Bertz CT molecular complexity index is 556. The van der Waals surface area contributed by atoms with Crippen molar-refractivity contribution < 1.29 is 9.52 Å². The minimum Gasteiger partial charge on any atom is -0.507 e. The van der Waals surface area contributed by atoms with E-state index < -0.39 is 5.63 Å². The Labute approximate surface area is 137 Å². The SMILES string of the molecule is O=c1occ(CN2CCCCC2)c(O)c1CN1CCCCCC1. The molecule has 5 heteroatoms. The van der Waals surface area contributed by atoms with E-state index in [1.165, 1.54) is 51.2 Å². The number of hydrogen-bond acceptors (Lipinski definition) is 5. The van der Waals surface area contributed by atoms with Gasteiger partial charge in [-0.1, -0.05) is 19.3 Å². The molecule has 0 atom stereocenters. The lowest BCUT2D eigenvalue weighted by molar-refractivity contribution is 0.214. The normalized spacial score (nSPS) is 21.2. The molecule has 2 aliphatic heterocycles. The van der Waals surface area contributed by atoms with Crippen LogP contribution in [0.15, 0.2) is 15.5 Å². The van der Waals surface area contributed by atoms with Gasteiger partial charge in [0.25, 0.3) is 0 Å². The first-order valence-corrected chi connectivity index (χ1v) is 9.01. The van der Waals surface area contributed by atoms with Crippen LogP contribution in [0.5, 0.6) is 5.75 Å². The number of piperidine rings is 1. The molecule has 2 aliphatic rings. The van der Waals surface area contributed by atoms with Gasteiger partial charge in [-0.2, -0.15) is 0 Å². The van der Waals surface area contributed by atoms with Crippen molar-refractivity contribution in [2.75, 3.05) is 26.2 Å². The molecule has 1 aromatic rings. The Balaban J connectivity index is 1.73. The first-order valence-electron chi connectivity index (χ1n) is 9.01. The molecule has 0 bridgehead atoms. The van der Waals surface area contributed by atoms with Gasteiger partial charge in [0.15, 0.2) is 0 Å². The van der Waals surface area contributed by atoms with E-state index in [0.29, 0.717) is 18.7 Å². The average molecular weight is 320 g/mol. The van der Waals surface area contributed by atoms with E-state index in [0.717, 1.165) is 31.7 Å². The highest BCUT2D eigenvalue weighted by Gasteiger charge is 2.20. The van der Waals surface area contributed by atoms with Crippen LogP contribution in [0.4, 0.5) is 0 Å². The van der Waals surface area contributed by atoms with Crippen LogP contribution in [-0.2, 0) is 13.1 Å². The van der Waals surface area contributed by atoms with Gasteiger partial charge < -0.3 is 9.52 Å². The van der Waals surface area contributed by atoms with Crippen LogP contribution >= 0.6 is 0 Å². The summed E-state index contributed by atoms with van der Waals surface area (Å²) in [5.41, 5.74) is 0.784. The highest BCUT2D eigenvalue weighted by atomic mass is 16.4. The highest BCUT2D eigenvalue weighted by Crippen LogP contribution is 2.24. The molecule has 0 amide bonds. The summed E-state index contributed by atoms with van der Waals surface area (Å²) in [6, 6.07) is 0. The largest absolute Gasteiger partial charge is 0.507 e. The summed E-state index contributed by atoms with van der Waals surface area (Å²) in [6.07, 6.45) is 9.98. The van der Waals surface area contributed by atoms with Crippen molar-refractivity contribution in [3.63, 3.8) is 0 Å². The topological polar surface area (TPSA) is 56.9 Å². The Hall–Kier alpha value is -1.33. The smallest absolute Gasteiger partial charge is 0.343 e. The second kappa shape index (κ2) is 7.97. The second-order valence-corrected chi connectivity index (χ2v) is 6.90.